The molecule has 5 heteroatoms. The summed E-state index contributed by atoms with van der Waals surface area (Å²) in [6.45, 7) is 13.2. The average molecular weight is 428 g/mol. The number of methoxy groups -OCH3 is 1. The van der Waals surface area contributed by atoms with Crippen LogP contribution in [0.15, 0.2) is 24.3 Å². The molecule has 0 radical (unpaired) electrons. The number of rotatable bonds is 3. The lowest BCUT2D eigenvalue weighted by molar-refractivity contribution is 0.0600. The average Bonchev–Trinajstić information content (AvgIpc) is 3.03. The van der Waals surface area contributed by atoms with Gasteiger partial charge in [0.05, 0.1) is 12.7 Å². The number of carbonyl (C=O) groups is 2. The van der Waals surface area contributed by atoms with Gasteiger partial charge < -0.3 is 10.1 Å². The van der Waals surface area contributed by atoms with Crippen molar-refractivity contribution in [3.8, 4) is 0 Å². The zero-order chi connectivity index (χ0) is 22.3. The van der Waals surface area contributed by atoms with Crippen LogP contribution in [-0.2, 0) is 23.0 Å². The molecule has 0 saturated carbocycles. The fraction of sp³-hybridized carbons (Fsp3) is 0.520. The summed E-state index contributed by atoms with van der Waals surface area (Å²) in [6.07, 6.45) is 2.82. The van der Waals surface area contributed by atoms with Gasteiger partial charge in [-0.2, -0.15) is 0 Å². The van der Waals surface area contributed by atoms with Gasteiger partial charge >= 0.3 is 5.97 Å². The van der Waals surface area contributed by atoms with Crippen LogP contribution in [0.25, 0.3) is 0 Å². The number of nitrogens with one attached hydrogen (secondary N) is 1. The van der Waals surface area contributed by atoms with E-state index in [2.05, 4.69) is 46.9 Å². The number of benzene rings is 1. The molecule has 2 aromatic rings. The highest BCUT2D eigenvalue weighted by atomic mass is 32.1. The maximum absolute atomic E-state index is 12.9. The second kappa shape index (κ2) is 8.18. The van der Waals surface area contributed by atoms with Crippen molar-refractivity contribution in [2.24, 2.45) is 11.3 Å². The molecule has 1 aliphatic rings. The molecule has 0 fully saturated rings. The minimum absolute atomic E-state index is 0.0312. The Labute approximate surface area is 184 Å². The highest BCUT2D eigenvalue weighted by molar-refractivity contribution is 7.17. The van der Waals surface area contributed by atoms with Gasteiger partial charge in [-0.15, -0.1) is 11.3 Å². The molecule has 1 N–H and O–H groups in total. The third-order valence-electron chi connectivity index (χ3n) is 6.12. The van der Waals surface area contributed by atoms with Crippen molar-refractivity contribution in [1.82, 2.24) is 0 Å². The Bertz CT molecular complexity index is 942. The van der Waals surface area contributed by atoms with Crippen LogP contribution in [-0.4, -0.2) is 19.0 Å². The summed E-state index contributed by atoms with van der Waals surface area (Å²) in [6, 6.07) is 7.67. The number of esters is 1. The van der Waals surface area contributed by atoms with Crippen LogP contribution in [0.3, 0.4) is 0 Å². The molecule has 1 aromatic carbocycles. The molecule has 1 heterocycles. The van der Waals surface area contributed by atoms with Crippen LogP contribution in [0.1, 0.15) is 84.7 Å². The summed E-state index contributed by atoms with van der Waals surface area (Å²) in [5.74, 6) is -0.0192. The maximum atomic E-state index is 12.9. The van der Waals surface area contributed by atoms with Crippen molar-refractivity contribution in [2.75, 3.05) is 12.4 Å². The van der Waals surface area contributed by atoms with Crippen molar-refractivity contribution >= 4 is 28.2 Å². The first-order valence-corrected chi connectivity index (χ1v) is 11.4. The van der Waals surface area contributed by atoms with Crippen molar-refractivity contribution in [3.63, 3.8) is 0 Å². The molecule has 162 valence electrons. The lowest BCUT2D eigenvalue weighted by atomic mass is 9.72. The molecule has 0 aliphatic heterocycles. The van der Waals surface area contributed by atoms with E-state index in [-0.39, 0.29) is 22.7 Å². The molecule has 1 atom stereocenters. The fourth-order valence-corrected chi connectivity index (χ4v) is 5.34. The van der Waals surface area contributed by atoms with E-state index >= 15 is 0 Å². The van der Waals surface area contributed by atoms with Crippen LogP contribution in [0.4, 0.5) is 5.00 Å². The summed E-state index contributed by atoms with van der Waals surface area (Å²) < 4.78 is 5.05. The van der Waals surface area contributed by atoms with Crippen molar-refractivity contribution in [2.45, 2.75) is 66.2 Å². The highest BCUT2D eigenvalue weighted by Gasteiger charge is 2.34. The lowest BCUT2D eigenvalue weighted by Gasteiger charge is -2.33. The lowest BCUT2D eigenvalue weighted by Crippen LogP contribution is -2.26. The Balaban J connectivity index is 1.89. The van der Waals surface area contributed by atoms with E-state index in [1.54, 1.807) is 0 Å². The fourth-order valence-electron chi connectivity index (χ4n) is 4.03. The van der Waals surface area contributed by atoms with Crippen LogP contribution in [0.2, 0.25) is 0 Å². The first kappa shape index (κ1) is 22.5. The predicted molar refractivity (Wildman–Crippen MR) is 124 cm³/mol. The number of hydrogen-bond acceptors (Lipinski definition) is 4. The second-order valence-corrected chi connectivity index (χ2v) is 11.4. The Morgan fingerprint density at radius 2 is 1.70 bits per heavy atom. The van der Waals surface area contributed by atoms with E-state index in [1.165, 1.54) is 28.9 Å². The quantitative estimate of drug-likeness (QED) is 0.590. The summed E-state index contributed by atoms with van der Waals surface area (Å²) in [4.78, 5) is 26.7. The van der Waals surface area contributed by atoms with Crippen molar-refractivity contribution < 1.29 is 14.3 Å². The van der Waals surface area contributed by atoms with E-state index < -0.39 is 0 Å². The molecular weight excluding hydrogens is 394 g/mol. The van der Waals surface area contributed by atoms with Crippen molar-refractivity contribution in [3.05, 3.63) is 51.4 Å². The van der Waals surface area contributed by atoms with Gasteiger partial charge in [-0.1, -0.05) is 53.7 Å². The normalized spacial score (nSPS) is 16.7. The maximum Gasteiger partial charge on any atom is 0.341 e. The molecule has 1 amide bonds. The van der Waals surface area contributed by atoms with Crippen molar-refractivity contribution in [1.29, 1.82) is 0 Å². The molecule has 30 heavy (non-hydrogen) atoms. The number of anilines is 1. The largest absolute Gasteiger partial charge is 0.465 e. The van der Waals surface area contributed by atoms with Gasteiger partial charge in [-0.25, -0.2) is 4.79 Å². The van der Waals surface area contributed by atoms with Gasteiger partial charge in [0.2, 0.25) is 0 Å². The standard InChI is InChI=1S/C25H33NO3S/c1-24(2,3)16-10-8-15(9-11-16)21(27)26-22-20(23(28)29-7)18-13-12-17(25(4,5)6)14-19(18)30-22/h8-11,17H,12-14H2,1-7H3,(H,26,27). The van der Waals surface area contributed by atoms with Gasteiger partial charge in [0, 0.05) is 10.4 Å². The monoisotopic (exact) mass is 427 g/mol. The number of fused-ring (bicyclic) bond motifs is 1. The summed E-state index contributed by atoms with van der Waals surface area (Å²) in [5, 5.41) is 3.59. The molecule has 4 nitrogen and oxygen atoms in total. The van der Waals surface area contributed by atoms with Crippen LogP contribution in [0, 0.1) is 11.3 Å². The zero-order valence-electron chi connectivity index (χ0n) is 19.1. The molecular formula is C25H33NO3S. The first-order chi connectivity index (χ1) is 13.9. The molecule has 0 spiro atoms. The summed E-state index contributed by atoms with van der Waals surface area (Å²) in [7, 11) is 1.39. The van der Waals surface area contributed by atoms with E-state index in [0.29, 0.717) is 22.0 Å². The topological polar surface area (TPSA) is 55.4 Å². The number of carbonyl (C=O) groups excluding carboxylic acids is 2. The van der Waals surface area contributed by atoms with E-state index in [4.69, 9.17) is 4.74 Å². The number of hydrogen-bond donors (Lipinski definition) is 1. The Morgan fingerprint density at radius 3 is 2.23 bits per heavy atom. The summed E-state index contributed by atoms with van der Waals surface area (Å²) >= 11 is 1.52. The molecule has 0 bridgehead atoms. The van der Waals surface area contributed by atoms with Crippen LogP contribution >= 0.6 is 11.3 Å². The third kappa shape index (κ3) is 4.61. The van der Waals surface area contributed by atoms with E-state index in [1.807, 2.05) is 24.3 Å². The van der Waals surface area contributed by atoms with Crippen LogP contribution in [0.5, 0.6) is 0 Å². The minimum atomic E-state index is -0.375. The molecule has 1 unspecified atom stereocenters. The molecule has 1 aliphatic carbocycles. The zero-order valence-corrected chi connectivity index (χ0v) is 20.0. The number of amides is 1. The first-order valence-electron chi connectivity index (χ1n) is 10.6. The molecule has 0 saturated heterocycles. The molecule has 1 aromatic heterocycles. The van der Waals surface area contributed by atoms with Gasteiger partial charge in [0.15, 0.2) is 0 Å². The predicted octanol–water partition coefficient (Wildman–Crippen LogP) is 6.24. The van der Waals surface area contributed by atoms with Gasteiger partial charge in [0.25, 0.3) is 5.91 Å². The minimum Gasteiger partial charge on any atom is -0.465 e. The Kier molecular flexibility index (Phi) is 6.15. The van der Waals surface area contributed by atoms with E-state index in [9.17, 15) is 9.59 Å². The Morgan fingerprint density at radius 1 is 1.07 bits per heavy atom. The highest BCUT2D eigenvalue weighted by Crippen LogP contribution is 2.44. The number of thiophene rings is 1. The summed E-state index contributed by atoms with van der Waals surface area (Å²) in [5.41, 5.74) is 3.58. The third-order valence-corrected chi connectivity index (χ3v) is 7.29. The Hall–Kier alpha value is -2.14. The second-order valence-electron chi connectivity index (χ2n) is 10.3. The number of ether oxygens (including phenoxy) is 1. The SMILES string of the molecule is COC(=O)c1c(NC(=O)c2ccc(C(C)(C)C)cc2)sc2c1CCC(C(C)(C)C)C2. The van der Waals surface area contributed by atoms with Crippen LogP contribution < -0.4 is 5.32 Å². The van der Waals surface area contributed by atoms with Gasteiger partial charge in [-0.3, -0.25) is 4.79 Å². The smallest absolute Gasteiger partial charge is 0.341 e. The van der Waals surface area contributed by atoms with Gasteiger partial charge in [-0.05, 0) is 59.3 Å². The van der Waals surface area contributed by atoms with E-state index in [0.717, 1.165) is 24.8 Å². The molecule has 3 rings (SSSR count). The van der Waals surface area contributed by atoms with Gasteiger partial charge in [0.1, 0.15) is 5.00 Å².